The van der Waals surface area contributed by atoms with Crippen LogP contribution < -0.4 is 5.32 Å². The topological polar surface area (TPSA) is 94.0 Å². The third kappa shape index (κ3) is 4.08. The average molecular weight is 420 g/mol. The van der Waals surface area contributed by atoms with E-state index >= 15 is 0 Å². The van der Waals surface area contributed by atoms with Gasteiger partial charge in [0.2, 0.25) is 0 Å². The summed E-state index contributed by atoms with van der Waals surface area (Å²) in [5, 5.41) is 8.11. The highest BCUT2D eigenvalue weighted by Crippen LogP contribution is 2.21. The first-order valence-electron chi connectivity index (χ1n) is 9.30. The maximum Gasteiger partial charge on any atom is 0.276 e. The number of aromatic nitrogens is 3. The normalized spacial score (nSPS) is 11.5. The smallest absolute Gasteiger partial charge is 0.276 e. The van der Waals surface area contributed by atoms with Crippen molar-refractivity contribution >= 4 is 32.3 Å². The Labute approximate surface area is 174 Å². The first-order chi connectivity index (χ1) is 14.3. The molecule has 0 spiro atoms. The molecule has 0 atom stereocenters. The Morgan fingerprint density at radius 1 is 1.03 bits per heavy atom. The second-order valence-corrected chi connectivity index (χ2v) is 9.10. The number of nitrogens with one attached hydrogen (secondary N) is 1. The third-order valence-corrected chi connectivity index (χ3v) is 5.85. The van der Waals surface area contributed by atoms with E-state index in [0.29, 0.717) is 17.9 Å². The standard InChI is InChI=1S/C22H20N4O3S/c1-15-7-10-17(13-23-15)24-22(27)21-19-5-3-4-6-20(19)26(25-21)14-16-8-11-18(12-9-16)30(2,28)29/h3-13H,14H2,1-2H3,(H,24,27). The van der Waals surface area contributed by atoms with Crippen molar-refractivity contribution < 1.29 is 13.2 Å². The molecular weight excluding hydrogens is 400 g/mol. The minimum Gasteiger partial charge on any atom is -0.319 e. The van der Waals surface area contributed by atoms with Crippen molar-refractivity contribution in [3.05, 3.63) is 83.8 Å². The van der Waals surface area contributed by atoms with E-state index in [4.69, 9.17) is 0 Å². The molecule has 4 aromatic rings. The zero-order valence-corrected chi connectivity index (χ0v) is 17.3. The lowest BCUT2D eigenvalue weighted by Crippen LogP contribution is -2.14. The zero-order valence-electron chi connectivity index (χ0n) is 16.5. The molecule has 2 aromatic heterocycles. The molecule has 0 aliphatic carbocycles. The molecule has 8 heteroatoms. The Morgan fingerprint density at radius 3 is 2.43 bits per heavy atom. The average Bonchev–Trinajstić information content (AvgIpc) is 3.08. The lowest BCUT2D eigenvalue weighted by Gasteiger charge is -2.05. The molecule has 0 bridgehead atoms. The highest BCUT2D eigenvalue weighted by molar-refractivity contribution is 7.90. The van der Waals surface area contributed by atoms with Crippen LogP contribution in [0.15, 0.2) is 71.8 Å². The summed E-state index contributed by atoms with van der Waals surface area (Å²) in [7, 11) is -3.25. The minimum absolute atomic E-state index is 0.267. The summed E-state index contributed by atoms with van der Waals surface area (Å²) in [6.45, 7) is 2.28. The summed E-state index contributed by atoms with van der Waals surface area (Å²) in [5.74, 6) is -0.317. The van der Waals surface area contributed by atoms with Crippen molar-refractivity contribution in [1.29, 1.82) is 0 Å². The van der Waals surface area contributed by atoms with Crippen molar-refractivity contribution in [1.82, 2.24) is 14.8 Å². The maximum absolute atomic E-state index is 12.9. The number of carbonyl (C=O) groups excluding carboxylic acids is 1. The number of anilines is 1. The number of aryl methyl sites for hydroxylation is 1. The highest BCUT2D eigenvalue weighted by atomic mass is 32.2. The van der Waals surface area contributed by atoms with Gasteiger partial charge in [-0.25, -0.2) is 8.42 Å². The summed E-state index contributed by atoms with van der Waals surface area (Å²) in [6, 6.07) is 17.8. The fourth-order valence-electron chi connectivity index (χ4n) is 3.16. The Bertz CT molecular complexity index is 1330. The molecule has 2 aromatic carbocycles. The van der Waals surface area contributed by atoms with E-state index in [-0.39, 0.29) is 10.8 Å². The number of carbonyl (C=O) groups is 1. The van der Waals surface area contributed by atoms with E-state index in [2.05, 4.69) is 15.4 Å². The van der Waals surface area contributed by atoms with E-state index in [0.717, 1.165) is 22.2 Å². The van der Waals surface area contributed by atoms with Crippen LogP contribution in [0, 0.1) is 6.92 Å². The molecule has 152 valence electrons. The Hall–Kier alpha value is -3.52. The third-order valence-electron chi connectivity index (χ3n) is 4.73. The first-order valence-corrected chi connectivity index (χ1v) is 11.2. The van der Waals surface area contributed by atoms with Gasteiger partial charge in [0.15, 0.2) is 15.5 Å². The molecule has 2 heterocycles. The van der Waals surface area contributed by atoms with E-state index < -0.39 is 9.84 Å². The van der Waals surface area contributed by atoms with Crippen LogP contribution in [0.3, 0.4) is 0 Å². The molecule has 7 nitrogen and oxygen atoms in total. The second-order valence-electron chi connectivity index (χ2n) is 7.08. The largest absolute Gasteiger partial charge is 0.319 e. The Balaban J connectivity index is 1.65. The molecule has 30 heavy (non-hydrogen) atoms. The van der Waals surface area contributed by atoms with Gasteiger partial charge in [0.25, 0.3) is 5.91 Å². The molecule has 0 saturated carbocycles. The van der Waals surface area contributed by atoms with Crippen molar-refractivity contribution in [3.63, 3.8) is 0 Å². The fourth-order valence-corrected chi connectivity index (χ4v) is 3.79. The molecule has 0 aliphatic heterocycles. The number of benzene rings is 2. The number of hydrogen-bond acceptors (Lipinski definition) is 5. The van der Waals surface area contributed by atoms with Crippen LogP contribution in [0.2, 0.25) is 0 Å². The predicted molar refractivity (Wildman–Crippen MR) is 115 cm³/mol. The van der Waals surface area contributed by atoms with Crippen LogP contribution in [-0.2, 0) is 16.4 Å². The molecule has 0 radical (unpaired) electrons. The number of amides is 1. The number of fused-ring (bicyclic) bond motifs is 1. The van der Waals surface area contributed by atoms with E-state index in [1.807, 2.05) is 37.3 Å². The maximum atomic E-state index is 12.9. The molecule has 4 rings (SSSR count). The number of sulfone groups is 1. The SMILES string of the molecule is Cc1ccc(NC(=O)c2nn(Cc3ccc(S(C)(=O)=O)cc3)c3ccccc23)cn1. The van der Waals surface area contributed by atoms with Crippen LogP contribution in [-0.4, -0.2) is 35.3 Å². The molecule has 0 fully saturated rings. The van der Waals surface area contributed by atoms with Gasteiger partial charge in [0.05, 0.1) is 28.8 Å². The van der Waals surface area contributed by atoms with Crippen LogP contribution in [0.4, 0.5) is 5.69 Å². The molecule has 0 saturated heterocycles. The summed E-state index contributed by atoms with van der Waals surface area (Å²) in [4.78, 5) is 17.3. The molecule has 1 amide bonds. The van der Waals surface area contributed by atoms with Gasteiger partial charge in [-0.2, -0.15) is 5.10 Å². The van der Waals surface area contributed by atoms with Crippen LogP contribution in [0.5, 0.6) is 0 Å². The lowest BCUT2D eigenvalue weighted by atomic mass is 10.2. The summed E-state index contributed by atoms with van der Waals surface area (Å²) in [6.07, 6.45) is 2.78. The van der Waals surface area contributed by atoms with E-state index in [1.165, 1.54) is 6.26 Å². The van der Waals surface area contributed by atoms with Gasteiger partial charge in [-0.3, -0.25) is 14.5 Å². The molecule has 0 aliphatic rings. The number of para-hydroxylation sites is 1. The second kappa shape index (κ2) is 7.72. The molecule has 1 N–H and O–H groups in total. The summed E-state index contributed by atoms with van der Waals surface area (Å²) in [5.41, 5.74) is 3.48. The number of rotatable bonds is 5. The number of pyridine rings is 1. The fraction of sp³-hybridized carbons (Fsp3) is 0.136. The van der Waals surface area contributed by atoms with E-state index in [9.17, 15) is 13.2 Å². The van der Waals surface area contributed by atoms with Crippen molar-refractivity contribution in [2.24, 2.45) is 0 Å². The van der Waals surface area contributed by atoms with Gasteiger partial charge in [-0.05, 0) is 42.8 Å². The molecule has 0 unspecified atom stereocenters. The lowest BCUT2D eigenvalue weighted by molar-refractivity contribution is 0.102. The Morgan fingerprint density at radius 2 is 1.77 bits per heavy atom. The number of hydrogen-bond donors (Lipinski definition) is 1. The number of nitrogens with zero attached hydrogens (tertiary/aromatic N) is 3. The summed E-state index contributed by atoms with van der Waals surface area (Å²) < 4.78 is 25.1. The minimum atomic E-state index is -3.25. The monoisotopic (exact) mass is 420 g/mol. The van der Waals surface area contributed by atoms with Crippen LogP contribution in [0.1, 0.15) is 21.7 Å². The van der Waals surface area contributed by atoms with Gasteiger partial charge in [0.1, 0.15) is 0 Å². The predicted octanol–water partition coefficient (Wildman–Crippen LogP) is 3.44. The zero-order chi connectivity index (χ0) is 21.3. The van der Waals surface area contributed by atoms with Gasteiger partial charge in [-0.1, -0.05) is 30.3 Å². The Kier molecular flexibility index (Phi) is 5.09. The summed E-state index contributed by atoms with van der Waals surface area (Å²) >= 11 is 0. The molecular formula is C22H20N4O3S. The van der Waals surface area contributed by atoms with Gasteiger partial charge < -0.3 is 5.32 Å². The van der Waals surface area contributed by atoms with Crippen molar-refractivity contribution in [2.75, 3.05) is 11.6 Å². The van der Waals surface area contributed by atoms with Crippen LogP contribution >= 0.6 is 0 Å². The van der Waals surface area contributed by atoms with Crippen molar-refractivity contribution in [2.45, 2.75) is 18.4 Å². The van der Waals surface area contributed by atoms with Crippen molar-refractivity contribution in [3.8, 4) is 0 Å². The van der Waals surface area contributed by atoms with Gasteiger partial charge in [0, 0.05) is 17.3 Å². The van der Waals surface area contributed by atoms with Crippen LogP contribution in [0.25, 0.3) is 10.9 Å². The quantitative estimate of drug-likeness (QED) is 0.534. The first kappa shape index (κ1) is 19.8. The van der Waals surface area contributed by atoms with Gasteiger partial charge in [-0.15, -0.1) is 0 Å². The van der Waals surface area contributed by atoms with E-state index in [1.54, 1.807) is 41.2 Å². The van der Waals surface area contributed by atoms with Gasteiger partial charge >= 0.3 is 0 Å². The highest BCUT2D eigenvalue weighted by Gasteiger charge is 2.17.